The van der Waals surface area contributed by atoms with Gasteiger partial charge in [0, 0.05) is 26.5 Å². The lowest BCUT2D eigenvalue weighted by atomic mass is 10.3. The lowest BCUT2D eigenvalue weighted by Gasteiger charge is -2.15. The maximum Gasteiger partial charge on any atom is 0.246 e. The molecule has 0 fully saturated rings. The van der Waals surface area contributed by atoms with Crippen molar-refractivity contribution in [3.63, 3.8) is 0 Å². The average molecular weight is 180 g/mol. The number of aromatic nitrogens is 1. The number of pyridine rings is 1. The molecular formula is C9H12N2O2. The van der Waals surface area contributed by atoms with Crippen molar-refractivity contribution in [3.05, 3.63) is 18.0 Å². The van der Waals surface area contributed by atoms with E-state index in [2.05, 4.69) is 4.98 Å². The molecule has 0 saturated carbocycles. The van der Waals surface area contributed by atoms with Gasteiger partial charge in [0.1, 0.15) is 0 Å². The Morgan fingerprint density at radius 2 is 2.08 bits per heavy atom. The van der Waals surface area contributed by atoms with Crippen molar-refractivity contribution >= 4 is 0 Å². The molecule has 1 aliphatic heterocycles. The zero-order valence-corrected chi connectivity index (χ0v) is 7.70. The van der Waals surface area contributed by atoms with E-state index < -0.39 is 5.79 Å². The first-order valence-corrected chi connectivity index (χ1v) is 4.18. The maximum absolute atomic E-state index is 5.52. The normalized spacial score (nSPS) is 17.5. The average Bonchev–Trinajstić information content (AvgIpc) is 2.36. The van der Waals surface area contributed by atoms with E-state index in [1.165, 1.54) is 0 Å². The van der Waals surface area contributed by atoms with E-state index in [4.69, 9.17) is 15.2 Å². The molecule has 0 aliphatic carbocycles. The van der Waals surface area contributed by atoms with Gasteiger partial charge in [-0.05, 0) is 0 Å². The van der Waals surface area contributed by atoms with Crippen LogP contribution in [0, 0.1) is 0 Å². The molecule has 0 saturated heterocycles. The molecule has 0 bridgehead atoms. The Morgan fingerprint density at radius 1 is 1.38 bits per heavy atom. The molecule has 1 aromatic heterocycles. The van der Waals surface area contributed by atoms with Crippen LogP contribution >= 0.6 is 0 Å². The fourth-order valence-electron chi connectivity index (χ4n) is 1.28. The Hall–Kier alpha value is -1.29. The number of nitrogens with zero attached hydrogens (tertiary/aromatic N) is 1. The van der Waals surface area contributed by atoms with Gasteiger partial charge >= 0.3 is 0 Å². The molecule has 2 rings (SSSR count). The van der Waals surface area contributed by atoms with Gasteiger partial charge in [-0.3, -0.25) is 4.98 Å². The second-order valence-electron chi connectivity index (χ2n) is 3.43. The van der Waals surface area contributed by atoms with Crippen molar-refractivity contribution < 1.29 is 9.47 Å². The quantitative estimate of drug-likeness (QED) is 0.701. The first-order chi connectivity index (χ1) is 6.11. The molecule has 1 aliphatic rings. The summed E-state index contributed by atoms with van der Waals surface area (Å²) in [6.45, 7) is 4.13. The summed E-state index contributed by atoms with van der Waals surface area (Å²) in [6, 6.07) is 1.81. The molecule has 0 amide bonds. The summed E-state index contributed by atoms with van der Waals surface area (Å²) >= 11 is 0. The summed E-state index contributed by atoms with van der Waals surface area (Å²) in [4.78, 5) is 4.10. The molecular weight excluding hydrogens is 168 g/mol. The Labute approximate surface area is 76.7 Å². The van der Waals surface area contributed by atoms with E-state index in [1.54, 1.807) is 6.20 Å². The standard InChI is InChI=1S/C9H12N2O2/c1-9(2)12-7-3-6(4-10)11-5-8(7)13-9/h3,5H,4,10H2,1-2H3. The molecule has 0 aromatic carbocycles. The fourth-order valence-corrected chi connectivity index (χ4v) is 1.28. The van der Waals surface area contributed by atoms with Gasteiger partial charge in [-0.2, -0.15) is 0 Å². The van der Waals surface area contributed by atoms with Crippen molar-refractivity contribution in [2.75, 3.05) is 0 Å². The number of fused-ring (bicyclic) bond motifs is 1. The Morgan fingerprint density at radius 3 is 2.77 bits per heavy atom. The van der Waals surface area contributed by atoms with Crippen molar-refractivity contribution in [1.29, 1.82) is 0 Å². The third-order valence-corrected chi connectivity index (χ3v) is 1.81. The molecule has 0 unspecified atom stereocenters. The van der Waals surface area contributed by atoms with Crippen molar-refractivity contribution in [2.24, 2.45) is 5.73 Å². The number of nitrogens with two attached hydrogens (primary N) is 1. The number of hydrogen-bond acceptors (Lipinski definition) is 4. The summed E-state index contributed by atoms with van der Waals surface area (Å²) in [5, 5.41) is 0. The van der Waals surface area contributed by atoms with Crippen molar-refractivity contribution in [2.45, 2.75) is 26.2 Å². The zero-order chi connectivity index (χ0) is 9.47. The van der Waals surface area contributed by atoms with Gasteiger partial charge in [-0.15, -0.1) is 0 Å². The molecule has 1 aromatic rings. The first kappa shape index (κ1) is 8.31. The molecule has 2 heterocycles. The van der Waals surface area contributed by atoms with Crippen LogP contribution in [-0.4, -0.2) is 10.8 Å². The molecule has 0 spiro atoms. The van der Waals surface area contributed by atoms with Crippen molar-refractivity contribution in [1.82, 2.24) is 4.98 Å². The summed E-state index contributed by atoms with van der Waals surface area (Å²) in [7, 11) is 0. The minimum atomic E-state index is -0.586. The summed E-state index contributed by atoms with van der Waals surface area (Å²) in [5.74, 6) is 0.819. The molecule has 4 heteroatoms. The van der Waals surface area contributed by atoms with E-state index in [0.29, 0.717) is 12.3 Å². The van der Waals surface area contributed by atoms with Crippen LogP contribution in [0.2, 0.25) is 0 Å². The van der Waals surface area contributed by atoms with Crippen LogP contribution in [0.15, 0.2) is 12.3 Å². The smallest absolute Gasteiger partial charge is 0.246 e. The molecule has 0 radical (unpaired) electrons. The second-order valence-corrected chi connectivity index (χ2v) is 3.43. The highest BCUT2D eigenvalue weighted by atomic mass is 16.7. The van der Waals surface area contributed by atoms with Gasteiger partial charge in [0.05, 0.1) is 11.9 Å². The van der Waals surface area contributed by atoms with Crippen LogP contribution in [0.1, 0.15) is 19.5 Å². The second kappa shape index (κ2) is 2.60. The van der Waals surface area contributed by atoms with Crippen molar-refractivity contribution in [3.8, 4) is 11.5 Å². The third kappa shape index (κ3) is 1.45. The van der Waals surface area contributed by atoms with E-state index in [-0.39, 0.29) is 0 Å². The highest BCUT2D eigenvalue weighted by Gasteiger charge is 2.31. The highest BCUT2D eigenvalue weighted by molar-refractivity contribution is 5.42. The van der Waals surface area contributed by atoms with E-state index >= 15 is 0 Å². The van der Waals surface area contributed by atoms with Crippen LogP contribution in [0.25, 0.3) is 0 Å². The number of rotatable bonds is 1. The summed E-state index contributed by atoms with van der Waals surface area (Å²) in [6.07, 6.45) is 1.65. The van der Waals surface area contributed by atoms with Crippen LogP contribution in [0.3, 0.4) is 0 Å². The molecule has 0 atom stereocenters. The highest BCUT2D eigenvalue weighted by Crippen LogP contribution is 2.38. The van der Waals surface area contributed by atoms with Crippen LogP contribution < -0.4 is 15.2 Å². The fraction of sp³-hybridized carbons (Fsp3) is 0.444. The Kier molecular flexibility index (Phi) is 1.66. The lowest BCUT2D eigenvalue weighted by molar-refractivity contribution is -0.0432. The Balaban J connectivity index is 2.36. The SMILES string of the molecule is CC1(C)Oc2cnc(CN)cc2O1. The summed E-state index contributed by atoms with van der Waals surface area (Å²) in [5.41, 5.74) is 6.26. The van der Waals surface area contributed by atoms with Gasteiger partial charge in [0.25, 0.3) is 0 Å². The van der Waals surface area contributed by atoms with E-state index in [9.17, 15) is 0 Å². The molecule has 2 N–H and O–H groups in total. The van der Waals surface area contributed by atoms with Gasteiger partial charge in [0.2, 0.25) is 5.79 Å². The van der Waals surface area contributed by atoms with Crippen LogP contribution in [-0.2, 0) is 6.54 Å². The molecule has 70 valence electrons. The Bertz CT molecular complexity index is 336. The predicted molar refractivity (Wildman–Crippen MR) is 47.5 cm³/mol. The van der Waals surface area contributed by atoms with Gasteiger partial charge < -0.3 is 15.2 Å². The first-order valence-electron chi connectivity index (χ1n) is 4.18. The number of hydrogen-bond donors (Lipinski definition) is 1. The zero-order valence-electron chi connectivity index (χ0n) is 7.70. The van der Waals surface area contributed by atoms with E-state index in [1.807, 2.05) is 19.9 Å². The molecule has 4 nitrogen and oxygen atoms in total. The largest absolute Gasteiger partial charge is 0.449 e. The third-order valence-electron chi connectivity index (χ3n) is 1.81. The topological polar surface area (TPSA) is 57.4 Å². The number of ether oxygens (including phenoxy) is 2. The predicted octanol–water partition coefficient (Wildman–Crippen LogP) is 1.05. The van der Waals surface area contributed by atoms with Gasteiger partial charge in [-0.25, -0.2) is 0 Å². The van der Waals surface area contributed by atoms with Crippen LogP contribution in [0.4, 0.5) is 0 Å². The van der Waals surface area contributed by atoms with E-state index in [0.717, 1.165) is 11.4 Å². The minimum Gasteiger partial charge on any atom is -0.449 e. The molecule has 13 heavy (non-hydrogen) atoms. The lowest BCUT2D eigenvalue weighted by Crippen LogP contribution is -2.29. The van der Waals surface area contributed by atoms with Crippen LogP contribution in [0.5, 0.6) is 11.5 Å². The summed E-state index contributed by atoms with van der Waals surface area (Å²) < 4.78 is 11.0. The maximum atomic E-state index is 5.52. The minimum absolute atomic E-state index is 0.414. The van der Waals surface area contributed by atoms with Gasteiger partial charge in [-0.1, -0.05) is 0 Å². The van der Waals surface area contributed by atoms with Gasteiger partial charge in [0.15, 0.2) is 11.5 Å². The monoisotopic (exact) mass is 180 g/mol.